The van der Waals surface area contributed by atoms with Crippen LogP contribution in [0, 0.1) is 11.7 Å². The van der Waals surface area contributed by atoms with Crippen LogP contribution in [0.5, 0.6) is 0 Å². The summed E-state index contributed by atoms with van der Waals surface area (Å²) in [6.07, 6.45) is 6.52. The molecular formula is C25H21FN4O2S. The topological polar surface area (TPSA) is 79.2 Å². The van der Waals surface area contributed by atoms with Crippen LogP contribution in [0.1, 0.15) is 12.8 Å². The minimum absolute atomic E-state index is 0.261. The van der Waals surface area contributed by atoms with Gasteiger partial charge in [0.1, 0.15) is 12.1 Å². The lowest BCUT2D eigenvalue weighted by molar-refractivity contribution is -0.141. The summed E-state index contributed by atoms with van der Waals surface area (Å²) < 4.78 is 13.3. The highest BCUT2D eigenvalue weighted by Gasteiger charge is 2.28. The lowest BCUT2D eigenvalue weighted by Crippen LogP contribution is -2.38. The molecule has 3 heterocycles. The van der Waals surface area contributed by atoms with Crippen molar-refractivity contribution < 1.29 is 14.3 Å². The van der Waals surface area contributed by atoms with E-state index in [1.54, 1.807) is 24.5 Å². The molecule has 0 radical (unpaired) electrons. The van der Waals surface area contributed by atoms with E-state index in [9.17, 15) is 14.3 Å². The summed E-state index contributed by atoms with van der Waals surface area (Å²) in [5, 5.41) is 10.3. The molecular weight excluding hydrogens is 439 g/mol. The van der Waals surface area contributed by atoms with E-state index in [0.717, 1.165) is 50.9 Å². The van der Waals surface area contributed by atoms with E-state index in [2.05, 4.69) is 14.9 Å². The normalized spacial score (nSPS) is 16.0. The number of hydrogen-bond acceptors (Lipinski definition) is 6. The molecule has 5 rings (SSSR count). The summed E-state index contributed by atoms with van der Waals surface area (Å²) in [6, 6.07) is 14.4. The van der Waals surface area contributed by atoms with E-state index in [1.165, 1.54) is 29.8 Å². The molecule has 1 fully saturated rings. The summed E-state index contributed by atoms with van der Waals surface area (Å²) in [5.41, 5.74) is 4.54. The number of carbonyl (C=O) groups is 1. The molecule has 2 aromatic carbocycles. The van der Waals surface area contributed by atoms with Gasteiger partial charge in [-0.3, -0.25) is 4.79 Å². The van der Waals surface area contributed by atoms with Crippen molar-refractivity contribution in [3.8, 4) is 32.8 Å². The molecule has 4 aromatic rings. The van der Waals surface area contributed by atoms with E-state index in [4.69, 9.17) is 4.98 Å². The number of nitrogens with zero attached hydrogens (tertiary/aromatic N) is 4. The van der Waals surface area contributed by atoms with Crippen molar-refractivity contribution in [2.75, 3.05) is 18.0 Å². The van der Waals surface area contributed by atoms with Crippen LogP contribution in [0.3, 0.4) is 0 Å². The smallest absolute Gasteiger partial charge is 0.308 e. The first-order chi connectivity index (χ1) is 16.1. The first-order valence-corrected chi connectivity index (χ1v) is 11.5. The summed E-state index contributed by atoms with van der Waals surface area (Å²) in [6.45, 7) is 1.24. The van der Waals surface area contributed by atoms with Crippen LogP contribution in [0.2, 0.25) is 0 Å². The number of halogens is 1. The zero-order valence-corrected chi connectivity index (χ0v) is 18.5. The van der Waals surface area contributed by atoms with Crippen LogP contribution in [0.25, 0.3) is 32.8 Å². The standard InChI is InChI=1S/C25H21FN4O2S/c26-21-9-7-17(8-10-21)16-3-5-18(6-4-16)22-23(20-12-27-15-28-13-20)33-25(29-22)30-11-1-2-19(14-30)24(31)32/h3-10,12-13,15,19H,1-2,11,14H2,(H,31,32). The van der Waals surface area contributed by atoms with Crippen LogP contribution in [0.15, 0.2) is 67.3 Å². The molecule has 1 unspecified atom stereocenters. The molecule has 0 aliphatic carbocycles. The fourth-order valence-corrected chi connectivity index (χ4v) is 5.16. The minimum Gasteiger partial charge on any atom is -0.481 e. The van der Waals surface area contributed by atoms with Crippen LogP contribution in [-0.4, -0.2) is 39.1 Å². The Balaban J connectivity index is 1.52. The third-order valence-corrected chi connectivity index (χ3v) is 6.98. The van der Waals surface area contributed by atoms with Gasteiger partial charge in [-0.25, -0.2) is 19.3 Å². The Morgan fingerprint density at radius 1 is 0.970 bits per heavy atom. The fraction of sp³-hybridized carbons (Fsp3) is 0.200. The summed E-state index contributed by atoms with van der Waals surface area (Å²) in [4.78, 5) is 27.8. The number of benzene rings is 2. The van der Waals surface area contributed by atoms with Crippen molar-refractivity contribution in [1.82, 2.24) is 15.0 Å². The van der Waals surface area contributed by atoms with Gasteiger partial charge < -0.3 is 10.0 Å². The van der Waals surface area contributed by atoms with Gasteiger partial charge in [-0.2, -0.15) is 0 Å². The van der Waals surface area contributed by atoms with Gasteiger partial charge in [0.25, 0.3) is 0 Å². The summed E-state index contributed by atoms with van der Waals surface area (Å²) in [7, 11) is 0. The number of aromatic nitrogens is 3. The number of aliphatic carboxylic acids is 1. The number of carboxylic acid groups (broad SMARTS) is 1. The molecule has 1 saturated heterocycles. The molecule has 1 aliphatic rings. The Morgan fingerprint density at radius 2 is 1.61 bits per heavy atom. The second kappa shape index (κ2) is 9.07. The number of anilines is 1. The Bertz CT molecular complexity index is 1260. The molecule has 2 aromatic heterocycles. The SMILES string of the molecule is O=C(O)C1CCCN(c2nc(-c3ccc(-c4ccc(F)cc4)cc3)c(-c3cncnc3)s2)C1. The third-order valence-electron chi connectivity index (χ3n) is 5.82. The number of piperidine rings is 1. The van der Waals surface area contributed by atoms with Crippen LogP contribution in [0.4, 0.5) is 9.52 Å². The van der Waals surface area contributed by atoms with E-state index < -0.39 is 5.97 Å². The fourth-order valence-electron chi connectivity index (χ4n) is 4.07. The summed E-state index contributed by atoms with van der Waals surface area (Å²) >= 11 is 1.53. The van der Waals surface area contributed by atoms with E-state index in [-0.39, 0.29) is 11.7 Å². The first-order valence-electron chi connectivity index (χ1n) is 10.7. The largest absolute Gasteiger partial charge is 0.481 e. The lowest BCUT2D eigenvalue weighted by Gasteiger charge is -2.30. The highest BCUT2D eigenvalue weighted by molar-refractivity contribution is 7.19. The molecule has 6 nitrogen and oxygen atoms in total. The number of hydrogen-bond donors (Lipinski definition) is 1. The van der Waals surface area contributed by atoms with Crippen LogP contribution < -0.4 is 4.90 Å². The Kier molecular flexibility index (Phi) is 5.83. The van der Waals surface area contributed by atoms with Crippen molar-refractivity contribution >= 4 is 22.4 Å². The second-order valence-corrected chi connectivity index (χ2v) is 8.99. The van der Waals surface area contributed by atoms with Gasteiger partial charge in [0.15, 0.2) is 5.13 Å². The molecule has 8 heteroatoms. The van der Waals surface area contributed by atoms with Crippen molar-refractivity contribution in [2.45, 2.75) is 12.8 Å². The predicted octanol–water partition coefficient (Wildman–Crippen LogP) is 5.37. The maximum Gasteiger partial charge on any atom is 0.308 e. The number of rotatable bonds is 5. The van der Waals surface area contributed by atoms with Gasteiger partial charge in [0.2, 0.25) is 0 Å². The van der Waals surface area contributed by atoms with E-state index in [0.29, 0.717) is 13.0 Å². The molecule has 33 heavy (non-hydrogen) atoms. The Morgan fingerprint density at radius 3 is 2.27 bits per heavy atom. The number of carboxylic acids is 1. The maximum absolute atomic E-state index is 13.3. The average molecular weight is 461 g/mol. The van der Waals surface area contributed by atoms with Crippen molar-refractivity contribution in [1.29, 1.82) is 0 Å². The van der Waals surface area contributed by atoms with E-state index >= 15 is 0 Å². The Hall–Kier alpha value is -3.65. The zero-order chi connectivity index (χ0) is 22.8. The van der Waals surface area contributed by atoms with Gasteiger partial charge >= 0.3 is 5.97 Å². The quantitative estimate of drug-likeness (QED) is 0.431. The van der Waals surface area contributed by atoms with Gasteiger partial charge in [-0.1, -0.05) is 47.7 Å². The zero-order valence-electron chi connectivity index (χ0n) is 17.7. The molecule has 0 spiro atoms. The molecule has 0 saturated carbocycles. The number of thiazole rings is 1. The van der Waals surface area contributed by atoms with Gasteiger partial charge in [-0.05, 0) is 36.1 Å². The molecule has 166 valence electrons. The lowest BCUT2D eigenvalue weighted by atomic mass is 9.99. The third kappa shape index (κ3) is 4.47. The van der Waals surface area contributed by atoms with Gasteiger partial charge in [-0.15, -0.1) is 0 Å². The van der Waals surface area contributed by atoms with E-state index in [1.807, 2.05) is 24.3 Å². The van der Waals surface area contributed by atoms with Crippen molar-refractivity contribution in [2.24, 2.45) is 5.92 Å². The summed E-state index contributed by atoms with van der Waals surface area (Å²) in [5.74, 6) is -1.41. The minimum atomic E-state index is -0.760. The highest BCUT2D eigenvalue weighted by Crippen LogP contribution is 2.41. The molecule has 1 atom stereocenters. The van der Waals surface area contributed by atoms with Crippen molar-refractivity contribution in [3.63, 3.8) is 0 Å². The highest BCUT2D eigenvalue weighted by atomic mass is 32.1. The van der Waals surface area contributed by atoms with Crippen LogP contribution >= 0.6 is 11.3 Å². The van der Waals surface area contributed by atoms with Gasteiger partial charge in [0.05, 0.1) is 16.5 Å². The Labute approximate surface area is 194 Å². The second-order valence-electron chi connectivity index (χ2n) is 8.01. The molecule has 1 N–H and O–H groups in total. The van der Waals surface area contributed by atoms with Gasteiger partial charge in [0, 0.05) is 36.6 Å². The molecule has 0 bridgehead atoms. The monoisotopic (exact) mass is 460 g/mol. The average Bonchev–Trinajstić information content (AvgIpc) is 3.31. The first kappa shape index (κ1) is 21.2. The predicted molar refractivity (Wildman–Crippen MR) is 127 cm³/mol. The van der Waals surface area contributed by atoms with Crippen LogP contribution in [-0.2, 0) is 4.79 Å². The maximum atomic E-state index is 13.3. The molecule has 0 amide bonds. The van der Waals surface area contributed by atoms with Crippen molar-refractivity contribution in [3.05, 3.63) is 73.1 Å². The molecule has 1 aliphatic heterocycles.